The van der Waals surface area contributed by atoms with Crippen LogP contribution in [0.4, 0.5) is 0 Å². The van der Waals surface area contributed by atoms with E-state index in [1.165, 1.54) is 0 Å². The molecule has 0 bridgehead atoms. The van der Waals surface area contributed by atoms with Gasteiger partial charge in [-0.05, 0) is 21.1 Å². The standard InChI is InChI=1S/C4H10O2.C3H9N/c1-5-3-4-6-2;1-4(2)3/h3-4H2,1-2H3;1-3H3. The van der Waals surface area contributed by atoms with Crippen LogP contribution in [0.2, 0.25) is 0 Å². The summed E-state index contributed by atoms with van der Waals surface area (Å²) >= 11 is 0. The summed E-state index contributed by atoms with van der Waals surface area (Å²) < 4.78 is 9.31. The van der Waals surface area contributed by atoms with Crippen molar-refractivity contribution in [2.45, 2.75) is 0 Å². The molecule has 0 aromatic heterocycles. The summed E-state index contributed by atoms with van der Waals surface area (Å²) in [6.45, 7) is 1.38. The molecule has 0 aromatic carbocycles. The van der Waals surface area contributed by atoms with Crippen molar-refractivity contribution in [2.24, 2.45) is 0 Å². The summed E-state index contributed by atoms with van der Waals surface area (Å²) in [5, 5.41) is 0. The molecule has 0 aliphatic rings. The fourth-order valence-electron chi connectivity index (χ4n) is 0.167. The first-order chi connectivity index (χ1) is 4.65. The van der Waals surface area contributed by atoms with E-state index in [4.69, 9.17) is 0 Å². The maximum absolute atomic E-state index is 4.66. The van der Waals surface area contributed by atoms with Gasteiger partial charge >= 0.3 is 0 Å². The van der Waals surface area contributed by atoms with Crippen LogP contribution in [-0.2, 0) is 9.47 Å². The molecule has 0 spiro atoms. The Labute approximate surface area is 63.9 Å². The number of nitrogens with zero attached hydrogens (tertiary/aromatic N) is 1. The first kappa shape index (κ1) is 12.5. The lowest BCUT2D eigenvalue weighted by atomic mass is 10.8. The van der Waals surface area contributed by atoms with Gasteiger partial charge in [0, 0.05) is 14.2 Å². The van der Waals surface area contributed by atoms with E-state index >= 15 is 0 Å². The third-order valence-corrected chi connectivity index (χ3v) is 0.492. The first-order valence-electron chi connectivity index (χ1n) is 3.24. The van der Waals surface area contributed by atoms with Gasteiger partial charge in [0.05, 0.1) is 13.2 Å². The van der Waals surface area contributed by atoms with Crippen molar-refractivity contribution in [3.8, 4) is 0 Å². The zero-order valence-corrected chi connectivity index (χ0v) is 7.68. The maximum Gasteiger partial charge on any atom is 0.0696 e. The largest absolute Gasteiger partial charge is 0.382 e. The van der Waals surface area contributed by atoms with Gasteiger partial charge in [0.25, 0.3) is 0 Å². The van der Waals surface area contributed by atoms with E-state index in [1.54, 1.807) is 14.2 Å². The Balaban J connectivity index is 0. The first-order valence-corrected chi connectivity index (χ1v) is 3.24. The summed E-state index contributed by atoms with van der Waals surface area (Å²) in [6.07, 6.45) is 0. The van der Waals surface area contributed by atoms with Crippen molar-refractivity contribution < 1.29 is 9.47 Å². The molecule has 0 atom stereocenters. The number of methoxy groups -OCH3 is 2. The van der Waals surface area contributed by atoms with Crippen molar-refractivity contribution in [2.75, 3.05) is 48.6 Å². The Bertz CT molecular complexity index is 42.1. The second-order valence-electron chi connectivity index (χ2n) is 2.33. The van der Waals surface area contributed by atoms with E-state index < -0.39 is 0 Å². The lowest BCUT2D eigenvalue weighted by molar-refractivity contribution is 0.103. The number of rotatable bonds is 3. The van der Waals surface area contributed by atoms with Gasteiger partial charge in [0.2, 0.25) is 0 Å². The summed E-state index contributed by atoms with van der Waals surface area (Å²) in [5.74, 6) is 0. The Morgan fingerprint density at radius 1 is 0.900 bits per heavy atom. The second-order valence-corrected chi connectivity index (χ2v) is 2.33. The van der Waals surface area contributed by atoms with Gasteiger partial charge in [-0.15, -0.1) is 0 Å². The average Bonchev–Trinajstić information content (AvgIpc) is 1.82. The van der Waals surface area contributed by atoms with Gasteiger partial charge in [-0.1, -0.05) is 0 Å². The maximum atomic E-state index is 4.66. The Morgan fingerprint density at radius 2 is 1.10 bits per heavy atom. The highest BCUT2D eigenvalue weighted by Crippen LogP contribution is 1.65. The molecule has 0 heterocycles. The summed E-state index contributed by atoms with van der Waals surface area (Å²) in [6, 6.07) is 0. The van der Waals surface area contributed by atoms with E-state index in [0.29, 0.717) is 13.2 Å². The molecule has 10 heavy (non-hydrogen) atoms. The molecule has 0 amide bonds. The van der Waals surface area contributed by atoms with Crippen LogP contribution in [0.25, 0.3) is 0 Å². The van der Waals surface area contributed by atoms with Crippen LogP contribution >= 0.6 is 0 Å². The topological polar surface area (TPSA) is 21.7 Å². The molecule has 0 aromatic rings. The van der Waals surface area contributed by atoms with Crippen LogP contribution in [0, 0.1) is 0 Å². The predicted molar refractivity (Wildman–Crippen MR) is 43.4 cm³/mol. The van der Waals surface area contributed by atoms with Gasteiger partial charge in [0.15, 0.2) is 0 Å². The monoisotopic (exact) mass is 149 g/mol. The fraction of sp³-hybridized carbons (Fsp3) is 1.00. The molecular weight excluding hydrogens is 130 g/mol. The van der Waals surface area contributed by atoms with E-state index in [1.807, 2.05) is 26.0 Å². The second kappa shape index (κ2) is 11.6. The SMILES string of the molecule is CN(C)C.COCCOC. The highest BCUT2D eigenvalue weighted by Gasteiger charge is 1.73. The third kappa shape index (κ3) is 45.0. The zero-order valence-electron chi connectivity index (χ0n) is 7.68. The molecule has 0 N–H and O–H groups in total. The number of hydrogen-bond donors (Lipinski definition) is 0. The van der Waals surface area contributed by atoms with Gasteiger partial charge in [0.1, 0.15) is 0 Å². The van der Waals surface area contributed by atoms with Gasteiger partial charge < -0.3 is 14.4 Å². The third-order valence-electron chi connectivity index (χ3n) is 0.492. The zero-order chi connectivity index (χ0) is 8.41. The summed E-state index contributed by atoms with van der Waals surface area (Å²) in [4.78, 5) is 2.00. The molecule has 0 radical (unpaired) electrons. The average molecular weight is 149 g/mol. The lowest BCUT2D eigenvalue weighted by Crippen LogP contribution is -1.99. The number of hydrogen-bond acceptors (Lipinski definition) is 3. The molecule has 0 aliphatic heterocycles. The van der Waals surface area contributed by atoms with Gasteiger partial charge in [-0.3, -0.25) is 0 Å². The van der Waals surface area contributed by atoms with Gasteiger partial charge in [-0.25, -0.2) is 0 Å². The van der Waals surface area contributed by atoms with Crippen molar-refractivity contribution in [1.29, 1.82) is 0 Å². The van der Waals surface area contributed by atoms with Crippen LogP contribution in [-0.4, -0.2) is 53.5 Å². The van der Waals surface area contributed by atoms with Gasteiger partial charge in [-0.2, -0.15) is 0 Å². The summed E-state index contributed by atoms with van der Waals surface area (Å²) in [7, 11) is 9.30. The van der Waals surface area contributed by atoms with Crippen LogP contribution in [0.5, 0.6) is 0 Å². The molecule has 64 valence electrons. The minimum absolute atomic E-state index is 0.691. The predicted octanol–water partition coefficient (Wildman–Crippen LogP) is 0.457. The quantitative estimate of drug-likeness (QED) is 0.544. The van der Waals surface area contributed by atoms with Crippen LogP contribution in [0.15, 0.2) is 0 Å². The molecule has 3 nitrogen and oxygen atoms in total. The van der Waals surface area contributed by atoms with E-state index in [2.05, 4.69) is 9.47 Å². The molecule has 0 saturated heterocycles. The molecular formula is C7H19NO2. The van der Waals surface area contributed by atoms with Crippen LogP contribution in [0.3, 0.4) is 0 Å². The fourth-order valence-corrected chi connectivity index (χ4v) is 0.167. The molecule has 3 heteroatoms. The summed E-state index contributed by atoms with van der Waals surface area (Å²) in [5.41, 5.74) is 0. The highest BCUT2D eigenvalue weighted by atomic mass is 16.5. The minimum Gasteiger partial charge on any atom is -0.382 e. The normalized spacial score (nSPS) is 9.00. The molecule has 0 fully saturated rings. The van der Waals surface area contributed by atoms with Crippen molar-refractivity contribution in [3.05, 3.63) is 0 Å². The Hall–Kier alpha value is -0.120. The molecule has 0 aliphatic carbocycles. The van der Waals surface area contributed by atoms with Crippen molar-refractivity contribution in [1.82, 2.24) is 4.90 Å². The van der Waals surface area contributed by atoms with Crippen molar-refractivity contribution >= 4 is 0 Å². The van der Waals surface area contributed by atoms with Crippen LogP contribution < -0.4 is 0 Å². The minimum atomic E-state index is 0.691. The van der Waals surface area contributed by atoms with Crippen molar-refractivity contribution in [3.63, 3.8) is 0 Å². The highest BCUT2D eigenvalue weighted by molar-refractivity contribution is 4.17. The lowest BCUT2D eigenvalue weighted by Gasteiger charge is -1.91. The smallest absolute Gasteiger partial charge is 0.0696 e. The van der Waals surface area contributed by atoms with E-state index in [9.17, 15) is 0 Å². The Kier molecular flexibility index (Phi) is 14.6. The molecule has 0 unspecified atom stereocenters. The van der Waals surface area contributed by atoms with E-state index in [-0.39, 0.29) is 0 Å². The number of ether oxygens (including phenoxy) is 2. The molecule has 0 rings (SSSR count). The Morgan fingerprint density at radius 3 is 1.20 bits per heavy atom. The molecule has 0 saturated carbocycles. The van der Waals surface area contributed by atoms with E-state index in [0.717, 1.165) is 0 Å². The van der Waals surface area contributed by atoms with Crippen LogP contribution in [0.1, 0.15) is 0 Å².